The molecule has 5 rings (SSSR count). The molecule has 0 aromatic heterocycles. The lowest BCUT2D eigenvalue weighted by Crippen LogP contribution is -2.63. The minimum absolute atomic E-state index is 0.0778. The highest BCUT2D eigenvalue weighted by molar-refractivity contribution is 7.85. The van der Waals surface area contributed by atoms with Crippen LogP contribution in [0.4, 0.5) is 0 Å². The van der Waals surface area contributed by atoms with Crippen molar-refractivity contribution in [1.29, 1.82) is 0 Å². The lowest BCUT2D eigenvalue weighted by atomic mass is 9.98. The molecule has 11 heteroatoms. The lowest BCUT2D eigenvalue weighted by Gasteiger charge is -2.44. The molecule has 0 spiro atoms. The standard InChI is InChI=1S/C36H32O10S/c1-2-47(41)36-31(46-35(40)27-21-13-6-14-22-27)30(45-34(39)26-19-11-5-12-20-26)29(44-33(38)25-17-9-4-10-18-25)28(43-36)23-42-32(37)24-15-7-3-8-16-24/h3-22,28-31,36H,2,23H2,1H3/t28-,29+,30+,31-,36+,47+/m1/s1. The summed E-state index contributed by atoms with van der Waals surface area (Å²) in [7, 11) is -1.80. The van der Waals surface area contributed by atoms with Crippen LogP contribution >= 0.6 is 0 Å². The topological polar surface area (TPSA) is 132 Å². The van der Waals surface area contributed by atoms with E-state index >= 15 is 0 Å². The monoisotopic (exact) mass is 656 g/mol. The Hall–Kier alpha value is -5.13. The SMILES string of the molecule is CC[S@](=O)[C@@H]1O[C@H](COC(=O)c2ccccc2)[C@H](OC(=O)c2ccccc2)[C@H](OC(=O)c2ccccc2)[C@H]1OC(=O)c1ccccc1. The van der Waals surface area contributed by atoms with Crippen molar-refractivity contribution in [2.75, 3.05) is 12.4 Å². The predicted octanol–water partition coefficient (Wildman–Crippen LogP) is 5.01. The van der Waals surface area contributed by atoms with E-state index in [1.165, 1.54) is 36.4 Å². The molecule has 1 fully saturated rings. The van der Waals surface area contributed by atoms with E-state index in [0.29, 0.717) is 0 Å². The van der Waals surface area contributed by atoms with Gasteiger partial charge in [0.25, 0.3) is 0 Å². The average Bonchev–Trinajstić information content (AvgIpc) is 3.13. The normalized spacial score (nSPS) is 21.1. The number of hydrogen-bond acceptors (Lipinski definition) is 10. The minimum Gasteiger partial charge on any atom is -0.459 e. The van der Waals surface area contributed by atoms with Gasteiger partial charge in [-0.25, -0.2) is 19.2 Å². The Morgan fingerprint density at radius 3 is 1.32 bits per heavy atom. The molecule has 0 saturated carbocycles. The highest BCUT2D eigenvalue weighted by Crippen LogP contribution is 2.32. The molecular formula is C36H32O10S. The van der Waals surface area contributed by atoms with Gasteiger partial charge in [-0.15, -0.1) is 0 Å². The van der Waals surface area contributed by atoms with E-state index in [9.17, 15) is 23.4 Å². The van der Waals surface area contributed by atoms with Gasteiger partial charge in [-0.05, 0) is 48.5 Å². The highest BCUT2D eigenvalue weighted by atomic mass is 32.2. The van der Waals surface area contributed by atoms with Crippen LogP contribution in [0.2, 0.25) is 0 Å². The van der Waals surface area contributed by atoms with Crippen molar-refractivity contribution >= 4 is 34.7 Å². The van der Waals surface area contributed by atoms with E-state index in [-0.39, 0.29) is 28.0 Å². The van der Waals surface area contributed by atoms with Crippen molar-refractivity contribution in [3.63, 3.8) is 0 Å². The first-order chi connectivity index (χ1) is 22.9. The van der Waals surface area contributed by atoms with Crippen LogP contribution in [0.15, 0.2) is 121 Å². The Kier molecular flexibility index (Phi) is 11.3. The number of carbonyl (C=O) groups is 4. The molecule has 6 atom stereocenters. The van der Waals surface area contributed by atoms with Gasteiger partial charge in [0.05, 0.1) is 33.1 Å². The van der Waals surface area contributed by atoms with Crippen molar-refractivity contribution < 1.29 is 47.1 Å². The molecule has 0 unspecified atom stereocenters. The van der Waals surface area contributed by atoms with Crippen LogP contribution in [0.25, 0.3) is 0 Å². The van der Waals surface area contributed by atoms with Crippen molar-refractivity contribution in [2.45, 2.75) is 36.8 Å². The average molecular weight is 657 g/mol. The summed E-state index contributed by atoms with van der Waals surface area (Å²) in [6.07, 6.45) is -5.78. The molecule has 242 valence electrons. The molecule has 10 nitrogen and oxygen atoms in total. The molecule has 4 aromatic carbocycles. The number of rotatable bonds is 11. The zero-order chi connectivity index (χ0) is 33.2. The van der Waals surface area contributed by atoms with Crippen molar-refractivity contribution in [3.05, 3.63) is 144 Å². The van der Waals surface area contributed by atoms with Gasteiger partial charge in [-0.2, -0.15) is 0 Å². The van der Waals surface area contributed by atoms with E-state index < -0.39 is 71.1 Å². The van der Waals surface area contributed by atoms with Crippen LogP contribution in [0.1, 0.15) is 48.4 Å². The first-order valence-electron chi connectivity index (χ1n) is 14.9. The van der Waals surface area contributed by atoms with Crippen LogP contribution in [-0.2, 0) is 34.5 Å². The smallest absolute Gasteiger partial charge is 0.338 e. The molecule has 0 amide bonds. The fraction of sp³-hybridized carbons (Fsp3) is 0.222. The summed E-state index contributed by atoms with van der Waals surface area (Å²) in [5.74, 6) is -3.04. The van der Waals surface area contributed by atoms with E-state index in [1.54, 1.807) is 91.9 Å². The Labute approximate surface area is 274 Å². The molecule has 0 bridgehead atoms. The Bertz CT molecular complexity index is 1680. The van der Waals surface area contributed by atoms with Crippen LogP contribution in [-0.4, -0.2) is 70.3 Å². The van der Waals surface area contributed by atoms with Crippen molar-refractivity contribution in [2.24, 2.45) is 0 Å². The second kappa shape index (κ2) is 15.9. The van der Waals surface area contributed by atoms with Crippen LogP contribution in [0.3, 0.4) is 0 Å². The number of esters is 4. The Morgan fingerprint density at radius 1 is 0.553 bits per heavy atom. The molecule has 1 aliphatic heterocycles. The van der Waals surface area contributed by atoms with Gasteiger partial charge in [0.2, 0.25) is 0 Å². The summed E-state index contributed by atoms with van der Waals surface area (Å²) in [4.78, 5) is 53.3. The summed E-state index contributed by atoms with van der Waals surface area (Å²) in [5, 5.41) is 0. The Morgan fingerprint density at radius 2 is 0.915 bits per heavy atom. The van der Waals surface area contributed by atoms with Gasteiger partial charge in [0.1, 0.15) is 12.7 Å². The third kappa shape index (κ3) is 8.37. The number of benzene rings is 4. The zero-order valence-corrected chi connectivity index (χ0v) is 26.2. The summed E-state index contributed by atoms with van der Waals surface area (Å²) >= 11 is 0. The molecule has 0 aliphatic carbocycles. The second-order valence-corrected chi connectivity index (χ2v) is 12.2. The fourth-order valence-corrected chi connectivity index (χ4v) is 6.01. The quantitative estimate of drug-likeness (QED) is 0.160. The highest BCUT2D eigenvalue weighted by Gasteiger charge is 2.54. The number of carbonyl (C=O) groups excluding carboxylic acids is 4. The maximum absolute atomic E-state index is 13.5. The number of hydrogen-bond donors (Lipinski definition) is 0. The molecule has 1 heterocycles. The molecule has 4 aromatic rings. The maximum Gasteiger partial charge on any atom is 0.338 e. The third-order valence-electron chi connectivity index (χ3n) is 7.28. The molecule has 0 N–H and O–H groups in total. The number of ether oxygens (including phenoxy) is 5. The van der Waals surface area contributed by atoms with Gasteiger partial charge in [0.15, 0.2) is 23.7 Å². The van der Waals surface area contributed by atoms with Crippen molar-refractivity contribution in [3.8, 4) is 0 Å². The first kappa shape index (κ1) is 33.2. The summed E-state index contributed by atoms with van der Waals surface area (Å²) < 4.78 is 43.1. The summed E-state index contributed by atoms with van der Waals surface area (Å²) in [6, 6.07) is 32.4. The predicted molar refractivity (Wildman–Crippen MR) is 171 cm³/mol. The molecule has 1 saturated heterocycles. The van der Waals surface area contributed by atoms with Gasteiger partial charge < -0.3 is 23.7 Å². The third-order valence-corrected chi connectivity index (χ3v) is 8.75. The van der Waals surface area contributed by atoms with Crippen LogP contribution in [0, 0.1) is 0 Å². The van der Waals surface area contributed by atoms with E-state index in [0.717, 1.165) is 0 Å². The largest absolute Gasteiger partial charge is 0.459 e. The Balaban J connectivity index is 1.55. The van der Waals surface area contributed by atoms with Crippen molar-refractivity contribution in [1.82, 2.24) is 0 Å². The second-order valence-electron chi connectivity index (χ2n) is 10.4. The molecule has 1 aliphatic rings. The maximum atomic E-state index is 13.5. The zero-order valence-electron chi connectivity index (χ0n) is 25.3. The lowest BCUT2D eigenvalue weighted by molar-refractivity contribution is -0.208. The molecule has 47 heavy (non-hydrogen) atoms. The molecular weight excluding hydrogens is 624 g/mol. The van der Waals surface area contributed by atoms with E-state index in [4.69, 9.17) is 23.7 Å². The van der Waals surface area contributed by atoms with Gasteiger partial charge in [-0.1, -0.05) is 79.7 Å². The van der Waals surface area contributed by atoms with Gasteiger partial charge >= 0.3 is 23.9 Å². The van der Waals surface area contributed by atoms with E-state index in [1.807, 2.05) is 0 Å². The summed E-state index contributed by atoms with van der Waals surface area (Å²) in [6.45, 7) is 1.17. The molecule has 0 radical (unpaired) electrons. The van der Waals surface area contributed by atoms with Crippen LogP contribution in [0.5, 0.6) is 0 Å². The fourth-order valence-electron chi connectivity index (χ4n) is 4.90. The first-order valence-corrected chi connectivity index (χ1v) is 16.3. The van der Waals surface area contributed by atoms with Gasteiger partial charge in [0, 0.05) is 5.75 Å². The van der Waals surface area contributed by atoms with E-state index in [2.05, 4.69) is 0 Å². The van der Waals surface area contributed by atoms with Gasteiger partial charge in [-0.3, -0.25) is 4.21 Å². The summed E-state index contributed by atoms with van der Waals surface area (Å²) in [5.41, 5.74) is -0.568. The van der Waals surface area contributed by atoms with Crippen LogP contribution < -0.4 is 0 Å². The minimum atomic E-state index is -1.80.